The number of hydrogen-bond donors (Lipinski definition) is 1. The molecule has 0 aliphatic heterocycles. The minimum Gasteiger partial charge on any atom is -0.439 e. The van der Waals surface area contributed by atoms with Crippen LogP contribution in [-0.2, 0) is 0 Å². The number of ether oxygens (including phenoxy) is 1. The standard InChI is InChI=1S/C14H16N2O/c1-10-5-3-4-6-13(10)17-14-9-12(11(2)15)7-8-16-14/h3-9,11H,15H2,1-2H3. The monoisotopic (exact) mass is 228 g/mol. The Hall–Kier alpha value is -1.87. The quantitative estimate of drug-likeness (QED) is 0.877. The van der Waals surface area contributed by atoms with Crippen molar-refractivity contribution in [3.05, 3.63) is 53.7 Å². The van der Waals surface area contributed by atoms with Crippen LogP contribution in [0.1, 0.15) is 24.1 Å². The zero-order valence-corrected chi connectivity index (χ0v) is 10.1. The molecule has 0 bridgehead atoms. The van der Waals surface area contributed by atoms with E-state index in [9.17, 15) is 0 Å². The van der Waals surface area contributed by atoms with Crippen molar-refractivity contribution in [2.75, 3.05) is 0 Å². The Morgan fingerprint density at radius 3 is 2.71 bits per heavy atom. The first-order valence-corrected chi connectivity index (χ1v) is 5.62. The minimum atomic E-state index is -0.0165. The molecule has 0 fully saturated rings. The predicted octanol–water partition coefficient (Wildman–Crippen LogP) is 3.20. The van der Waals surface area contributed by atoms with E-state index >= 15 is 0 Å². The van der Waals surface area contributed by atoms with E-state index < -0.39 is 0 Å². The van der Waals surface area contributed by atoms with E-state index in [1.54, 1.807) is 6.20 Å². The Morgan fingerprint density at radius 1 is 1.24 bits per heavy atom. The second-order valence-corrected chi connectivity index (χ2v) is 4.08. The summed E-state index contributed by atoms with van der Waals surface area (Å²) in [7, 11) is 0. The van der Waals surface area contributed by atoms with Crippen LogP contribution in [0.15, 0.2) is 42.6 Å². The summed E-state index contributed by atoms with van der Waals surface area (Å²) in [6.45, 7) is 3.94. The third-order valence-corrected chi connectivity index (χ3v) is 2.59. The van der Waals surface area contributed by atoms with Gasteiger partial charge in [-0.2, -0.15) is 0 Å². The highest BCUT2D eigenvalue weighted by molar-refractivity contribution is 5.35. The Kier molecular flexibility index (Phi) is 3.40. The largest absolute Gasteiger partial charge is 0.439 e. The summed E-state index contributed by atoms with van der Waals surface area (Å²) in [5, 5.41) is 0. The first-order valence-electron chi connectivity index (χ1n) is 5.62. The smallest absolute Gasteiger partial charge is 0.219 e. The molecule has 0 aliphatic rings. The minimum absolute atomic E-state index is 0.0165. The number of hydrogen-bond acceptors (Lipinski definition) is 3. The molecule has 17 heavy (non-hydrogen) atoms. The van der Waals surface area contributed by atoms with Crippen LogP contribution in [0.25, 0.3) is 0 Å². The van der Waals surface area contributed by atoms with Gasteiger partial charge in [0.2, 0.25) is 5.88 Å². The van der Waals surface area contributed by atoms with Gasteiger partial charge in [-0.1, -0.05) is 18.2 Å². The lowest BCUT2D eigenvalue weighted by Gasteiger charge is -2.10. The van der Waals surface area contributed by atoms with E-state index in [0.29, 0.717) is 5.88 Å². The van der Waals surface area contributed by atoms with Crippen LogP contribution in [-0.4, -0.2) is 4.98 Å². The molecule has 1 aromatic carbocycles. The Morgan fingerprint density at radius 2 is 2.00 bits per heavy atom. The lowest BCUT2D eigenvalue weighted by molar-refractivity contribution is 0.458. The summed E-state index contributed by atoms with van der Waals surface area (Å²) < 4.78 is 5.73. The molecule has 0 saturated heterocycles. The van der Waals surface area contributed by atoms with Gasteiger partial charge >= 0.3 is 0 Å². The highest BCUT2D eigenvalue weighted by Gasteiger charge is 2.04. The maximum atomic E-state index is 5.82. The molecule has 0 saturated carbocycles. The molecule has 3 nitrogen and oxygen atoms in total. The van der Waals surface area contributed by atoms with Gasteiger partial charge in [0.05, 0.1) is 0 Å². The molecule has 1 heterocycles. The van der Waals surface area contributed by atoms with Crippen molar-refractivity contribution in [3.8, 4) is 11.6 Å². The summed E-state index contributed by atoms with van der Waals surface area (Å²) in [4.78, 5) is 4.18. The fourth-order valence-electron chi connectivity index (χ4n) is 1.55. The van der Waals surface area contributed by atoms with Gasteiger partial charge in [-0.25, -0.2) is 4.98 Å². The first-order chi connectivity index (χ1) is 8.16. The van der Waals surface area contributed by atoms with E-state index in [0.717, 1.165) is 16.9 Å². The molecule has 3 heteroatoms. The van der Waals surface area contributed by atoms with E-state index in [1.165, 1.54) is 0 Å². The molecule has 1 aromatic heterocycles. The summed E-state index contributed by atoms with van der Waals surface area (Å²) >= 11 is 0. The summed E-state index contributed by atoms with van der Waals surface area (Å²) in [5.41, 5.74) is 7.92. The van der Waals surface area contributed by atoms with E-state index in [2.05, 4.69) is 4.98 Å². The van der Waals surface area contributed by atoms with Crippen LogP contribution in [0, 0.1) is 6.92 Å². The van der Waals surface area contributed by atoms with E-state index in [-0.39, 0.29) is 6.04 Å². The number of aromatic nitrogens is 1. The predicted molar refractivity (Wildman–Crippen MR) is 68.1 cm³/mol. The van der Waals surface area contributed by atoms with Crippen LogP contribution < -0.4 is 10.5 Å². The van der Waals surface area contributed by atoms with Crippen LogP contribution in [0.3, 0.4) is 0 Å². The van der Waals surface area contributed by atoms with Crippen molar-refractivity contribution in [3.63, 3.8) is 0 Å². The molecule has 2 aromatic rings. The third-order valence-electron chi connectivity index (χ3n) is 2.59. The molecule has 0 aliphatic carbocycles. The number of aryl methyl sites for hydroxylation is 1. The molecule has 0 amide bonds. The highest BCUT2D eigenvalue weighted by atomic mass is 16.5. The summed E-state index contributed by atoms with van der Waals surface area (Å²) in [6.07, 6.45) is 1.71. The second-order valence-electron chi connectivity index (χ2n) is 4.08. The van der Waals surface area contributed by atoms with Gasteiger partial charge in [0, 0.05) is 18.3 Å². The number of nitrogens with zero attached hydrogens (tertiary/aromatic N) is 1. The SMILES string of the molecule is Cc1ccccc1Oc1cc(C(C)N)ccn1. The Balaban J connectivity index is 2.25. The van der Waals surface area contributed by atoms with Crippen molar-refractivity contribution in [1.82, 2.24) is 4.98 Å². The van der Waals surface area contributed by atoms with Crippen LogP contribution in [0.5, 0.6) is 11.6 Å². The van der Waals surface area contributed by atoms with Crippen molar-refractivity contribution in [2.45, 2.75) is 19.9 Å². The maximum absolute atomic E-state index is 5.82. The maximum Gasteiger partial charge on any atom is 0.219 e. The van der Waals surface area contributed by atoms with Crippen molar-refractivity contribution in [2.24, 2.45) is 5.73 Å². The van der Waals surface area contributed by atoms with Gasteiger partial charge in [0.1, 0.15) is 5.75 Å². The van der Waals surface area contributed by atoms with Gasteiger partial charge in [0.15, 0.2) is 0 Å². The fourth-order valence-corrected chi connectivity index (χ4v) is 1.55. The topological polar surface area (TPSA) is 48.1 Å². The van der Waals surface area contributed by atoms with Crippen LogP contribution in [0.2, 0.25) is 0 Å². The first kappa shape index (κ1) is 11.6. The van der Waals surface area contributed by atoms with Gasteiger partial charge in [0.25, 0.3) is 0 Å². The highest BCUT2D eigenvalue weighted by Crippen LogP contribution is 2.24. The molecule has 1 atom stereocenters. The zero-order valence-electron chi connectivity index (χ0n) is 10.1. The average molecular weight is 228 g/mol. The number of rotatable bonds is 3. The molecule has 1 unspecified atom stereocenters. The second kappa shape index (κ2) is 4.97. The number of para-hydroxylation sites is 1. The van der Waals surface area contributed by atoms with Crippen molar-refractivity contribution < 1.29 is 4.74 Å². The lowest BCUT2D eigenvalue weighted by Crippen LogP contribution is -2.05. The zero-order chi connectivity index (χ0) is 12.3. The third kappa shape index (κ3) is 2.82. The molecule has 0 radical (unpaired) electrons. The number of nitrogens with two attached hydrogens (primary N) is 1. The van der Waals surface area contributed by atoms with Crippen molar-refractivity contribution in [1.29, 1.82) is 0 Å². The molecular formula is C14H16N2O. The van der Waals surface area contributed by atoms with E-state index in [4.69, 9.17) is 10.5 Å². The molecule has 2 rings (SSSR count). The average Bonchev–Trinajstić information content (AvgIpc) is 2.32. The summed E-state index contributed by atoms with van der Waals surface area (Å²) in [6, 6.07) is 11.6. The van der Waals surface area contributed by atoms with Crippen molar-refractivity contribution >= 4 is 0 Å². The Labute approximate surface area is 101 Å². The van der Waals surface area contributed by atoms with Gasteiger partial charge in [-0.05, 0) is 37.1 Å². The normalized spacial score (nSPS) is 12.2. The van der Waals surface area contributed by atoms with Crippen LogP contribution >= 0.6 is 0 Å². The molecule has 88 valence electrons. The molecule has 2 N–H and O–H groups in total. The number of pyridine rings is 1. The van der Waals surface area contributed by atoms with E-state index in [1.807, 2.05) is 50.2 Å². The molecule has 0 spiro atoms. The van der Waals surface area contributed by atoms with Crippen LogP contribution in [0.4, 0.5) is 0 Å². The number of benzene rings is 1. The fraction of sp³-hybridized carbons (Fsp3) is 0.214. The van der Waals surface area contributed by atoms with Gasteiger partial charge in [-0.15, -0.1) is 0 Å². The molecular weight excluding hydrogens is 212 g/mol. The summed E-state index contributed by atoms with van der Waals surface area (Å²) in [5.74, 6) is 1.40. The van der Waals surface area contributed by atoms with Gasteiger partial charge in [-0.3, -0.25) is 0 Å². The Bertz CT molecular complexity index is 509. The lowest BCUT2D eigenvalue weighted by atomic mass is 10.1. The van der Waals surface area contributed by atoms with Gasteiger partial charge < -0.3 is 10.5 Å².